The van der Waals surface area contributed by atoms with E-state index in [2.05, 4.69) is 10.6 Å². The molecule has 5 saturated heterocycles. The Morgan fingerprint density at radius 2 is 0.934 bits per heavy atom. The van der Waals surface area contributed by atoms with Crippen molar-refractivity contribution >= 4 is 11.8 Å². The summed E-state index contributed by atoms with van der Waals surface area (Å²) in [5.74, 6) is -1.44. The van der Waals surface area contributed by atoms with E-state index < -0.39 is 192 Å². The summed E-state index contributed by atoms with van der Waals surface area (Å²) in [5.41, 5.74) is 0. The molecule has 0 unspecified atom stereocenters. The van der Waals surface area contributed by atoms with Crippen molar-refractivity contribution in [2.45, 2.75) is 174 Å². The molecule has 5 aliphatic heterocycles. The van der Waals surface area contributed by atoms with Crippen molar-refractivity contribution < 1.29 is 124 Å². The number of rotatable bonds is 14. The minimum absolute atomic E-state index is 0.650. The molecule has 0 aromatic carbocycles. The number of carbonyl (C=O) groups is 2. The first-order chi connectivity index (χ1) is 28.7. The van der Waals surface area contributed by atoms with E-state index in [9.17, 15) is 81.1 Å². The van der Waals surface area contributed by atoms with Crippen molar-refractivity contribution in [2.75, 3.05) is 26.4 Å². The van der Waals surface area contributed by atoms with Gasteiger partial charge in [0.15, 0.2) is 31.5 Å². The summed E-state index contributed by atoms with van der Waals surface area (Å²) in [6, 6.07) is -3.07. The summed E-state index contributed by atoms with van der Waals surface area (Å²) < 4.78 is 50.8. The molecule has 27 heteroatoms. The van der Waals surface area contributed by atoms with Gasteiger partial charge in [0.1, 0.15) is 116 Å². The number of hydrogen-bond acceptors (Lipinski definition) is 25. The van der Waals surface area contributed by atoms with E-state index >= 15 is 0 Å². The molecular formula is C34H58N2O25. The van der Waals surface area contributed by atoms with E-state index in [1.165, 1.54) is 6.92 Å². The lowest BCUT2D eigenvalue weighted by Gasteiger charge is -2.50. The molecule has 0 saturated carbocycles. The third kappa shape index (κ3) is 10.9. The minimum atomic E-state index is -2.11. The van der Waals surface area contributed by atoms with Crippen LogP contribution in [0.25, 0.3) is 0 Å². The smallest absolute Gasteiger partial charge is 0.217 e. The number of nitrogens with one attached hydrogen (secondary N) is 2. The van der Waals surface area contributed by atoms with Crippen molar-refractivity contribution in [3.63, 3.8) is 0 Å². The number of aliphatic hydroxyl groups is 14. The molecule has 5 heterocycles. The highest BCUT2D eigenvalue weighted by atomic mass is 16.8. The van der Waals surface area contributed by atoms with Crippen LogP contribution in [0, 0.1) is 0 Å². The monoisotopic (exact) mass is 894 g/mol. The van der Waals surface area contributed by atoms with Crippen LogP contribution in [-0.2, 0) is 52.2 Å². The van der Waals surface area contributed by atoms with Gasteiger partial charge in [-0.3, -0.25) is 9.59 Å². The van der Waals surface area contributed by atoms with Gasteiger partial charge in [-0.05, 0) is 6.92 Å². The van der Waals surface area contributed by atoms with Crippen LogP contribution >= 0.6 is 0 Å². The van der Waals surface area contributed by atoms with Crippen molar-refractivity contribution in [2.24, 2.45) is 0 Å². The van der Waals surface area contributed by atoms with E-state index in [0.717, 1.165) is 13.8 Å². The summed E-state index contributed by atoms with van der Waals surface area (Å²) >= 11 is 0. The summed E-state index contributed by atoms with van der Waals surface area (Å²) in [7, 11) is 0. The highest BCUT2D eigenvalue weighted by Crippen LogP contribution is 2.35. The van der Waals surface area contributed by atoms with Crippen LogP contribution in [0.1, 0.15) is 20.8 Å². The summed E-state index contributed by atoms with van der Waals surface area (Å²) in [6.07, 6.45) is -40.2. The molecule has 0 bridgehead atoms. The number of amides is 2. The second-order valence-corrected chi connectivity index (χ2v) is 15.4. The highest BCUT2D eigenvalue weighted by molar-refractivity contribution is 5.73. The molecule has 0 radical (unpaired) electrons. The Hall–Kier alpha value is -1.98. The molecule has 27 nitrogen and oxygen atoms in total. The Bertz CT molecular complexity index is 1420. The predicted octanol–water partition coefficient (Wildman–Crippen LogP) is -10.6. The number of hydrogen-bond donors (Lipinski definition) is 16. The second kappa shape index (κ2) is 21.3. The van der Waals surface area contributed by atoms with Gasteiger partial charge in [-0.25, -0.2) is 0 Å². The number of ether oxygens (including phenoxy) is 9. The molecule has 5 rings (SSSR count). The van der Waals surface area contributed by atoms with Gasteiger partial charge < -0.3 is 125 Å². The Morgan fingerprint density at radius 1 is 0.459 bits per heavy atom. The van der Waals surface area contributed by atoms with Crippen molar-refractivity contribution in [1.29, 1.82) is 0 Å². The number of aliphatic hydroxyl groups excluding tert-OH is 14. The molecule has 61 heavy (non-hydrogen) atoms. The van der Waals surface area contributed by atoms with Crippen LogP contribution in [-0.4, -0.2) is 263 Å². The van der Waals surface area contributed by atoms with E-state index in [4.69, 9.17) is 42.6 Å². The molecule has 16 N–H and O–H groups in total. The Balaban J connectivity index is 1.30. The van der Waals surface area contributed by atoms with Gasteiger partial charge in [-0.15, -0.1) is 0 Å². The van der Waals surface area contributed by atoms with E-state index in [0.29, 0.717) is 0 Å². The lowest BCUT2D eigenvalue weighted by molar-refractivity contribution is -0.389. The fourth-order valence-electron chi connectivity index (χ4n) is 7.65. The van der Waals surface area contributed by atoms with Crippen LogP contribution in [0.4, 0.5) is 0 Å². The van der Waals surface area contributed by atoms with E-state index in [1.807, 2.05) is 0 Å². The van der Waals surface area contributed by atoms with Gasteiger partial charge in [0.25, 0.3) is 0 Å². The van der Waals surface area contributed by atoms with Crippen LogP contribution < -0.4 is 10.6 Å². The Kier molecular flexibility index (Phi) is 17.5. The minimum Gasteiger partial charge on any atom is -0.394 e. The zero-order valence-electron chi connectivity index (χ0n) is 33.0. The normalized spacial score (nSPS) is 49.6. The van der Waals surface area contributed by atoms with Crippen LogP contribution in [0.3, 0.4) is 0 Å². The summed E-state index contributed by atoms with van der Waals surface area (Å²) in [4.78, 5) is 24.2. The first-order valence-corrected chi connectivity index (χ1v) is 19.4. The molecule has 0 aliphatic carbocycles. The zero-order valence-corrected chi connectivity index (χ0v) is 33.0. The standard InChI is InChI=1S/C34H58N2O25/c1-8-17(42)23(48)26(51)33(54-8)61-29-25(50)19(44)12(5-38)57-34(29)59-27-13(6-39)58-32(16(22(27)47)36-10(3)41)60-28-24(49)20(45)14(55-30(28)52)7-53-31-15(35-9(2)40)21(46)18(43)11(4-37)56-31/h8,11-34,37-39,42-52H,4-7H2,1-3H3,(H,35,40)(H,36,41)/t8-,11+,12+,13+,14+,15+,16+,17+,18+,19-,20+,21+,22+,23+,24-,25-,26-,27+,28-,29+,30-,31+,32-,33-,34-/m0/s1. The molecule has 354 valence electrons. The van der Waals surface area contributed by atoms with Gasteiger partial charge in [-0.1, -0.05) is 0 Å². The fourth-order valence-corrected chi connectivity index (χ4v) is 7.65. The third-order valence-corrected chi connectivity index (χ3v) is 11.1. The maximum absolute atomic E-state index is 12.4. The predicted molar refractivity (Wildman–Crippen MR) is 188 cm³/mol. The van der Waals surface area contributed by atoms with Gasteiger partial charge in [0, 0.05) is 13.8 Å². The van der Waals surface area contributed by atoms with Gasteiger partial charge >= 0.3 is 0 Å². The van der Waals surface area contributed by atoms with Crippen molar-refractivity contribution in [3.8, 4) is 0 Å². The lowest BCUT2D eigenvalue weighted by Crippen LogP contribution is -2.69. The summed E-state index contributed by atoms with van der Waals surface area (Å²) in [5, 5.41) is 153. The third-order valence-electron chi connectivity index (χ3n) is 11.1. The zero-order chi connectivity index (χ0) is 45.2. The molecule has 5 aliphatic rings. The molecule has 25 atom stereocenters. The van der Waals surface area contributed by atoms with Crippen molar-refractivity contribution in [3.05, 3.63) is 0 Å². The van der Waals surface area contributed by atoms with Crippen LogP contribution in [0.15, 0.2) is 0 Å². The maximum atomic E-state index is 12.4. The first kappa shape index (κ1) is 50.0. The lowest BCUT2D eigenvalue weighted by atomic mass is 9.94. The average Bonchev–Trinajstić information content (AvgIpc) is 3.21. The van der Waals surface area contributed by atoms with Crippen molar-refractivity contribution in [1.82, 2.24) is 10.6 Å². The fraction of sp³-hybridized carbons (Fsp3) is 0.941. The Morgan fingerprint density at radius 3 is 1.51 bits per heavy atom. The molecule has 2 amide bonds. The van der Waals surface area contributed by atoms with Gasteiger partial charge in [0.05, 0.1) is 32.5 Å². The molecule has 0 aromatic heterocycles. The largest absolute Gasteiger partial charge is 0.394 e. The summed E-state index contributed by atoms with van der Waals surface area (Å²) in [6.45, 7) is 0.177. The van der Waals surface area contributed by atoms with Gasteiger partial charge in [-0.2, -0.15) is 0 Å². The Labute approximate surface area is 346 Å². The second-order valence-electron chi connectivity index (χ2n) is 15.4. The molecule has 0 aromatic rings. The first-order valence-electron chi connectivity index (χ1n) is 19.4. The quantitative estimate of drug-likeness (QED) is 0.0770. The average molecular weight is 895 g/mol. The maximum Gasteiger partial charge on any atom is 0.217 e. The molecule has 0 spiro atoms. The molecule has 5 fully saturated rings. The van der Waals surface area contributed by atoms with E-state index in [-0.39, 0.29) is 0 Å². The van der Waals surface area contributed by atoms with Gasteiger partial charge in [0.2, 0.25) is 11.8 Å². The van der Waals surface area contributed by atoms with Crippen LogP contribution in [0.5, 0.6) is 0 Å². The number of carbonyl (C=O) groups excluding carboxylic acids is 2. The topological polar surface area (TPSA) is 424 Å². The highest BCUT2D eigenvalue weighted by Gasteiger charge is 2.56. The van der Waals surface area contributed by atoms with E-state index in [1.54, 1.807) is 0 Å². The van der Waals surface area contributed by atoms with Crippen LogP contribution in [0.2, 0.25) is 0 Å². The molecular weight excluding hydrogens is 836 g/mol. The SMILES string of the molecule is CC(=O)N[C@H]1[C@H](O[C@H]2[C@@H](O)[C@H](O)[C@@H](CO[C@@H]3O[C@H](CO)[C@@H](O)[C@H](O)[C@H]3NC(C)=O)O[C@@H]2O)O[C@H](CO)[C@@H](O[C@@H]2O[C@H](CO)[C@H](O)[C@H](O)[C@H]2O[C@@H]2O[C@@H](C)[C@@H](O)[C@@H](O)[C@@H]2O)[C@@H]1O.